The van der Waals surface area contributed by atoms with Crippen molar-refractivity contribution in [3.8, 4) is 33.8 Å². The summed E-state index contributed by atoms with van der Waals surface area (Å²) in [7, 11) is 0. The molecule has 5 heterocycles. The first-order chi connectivity index (χ1) is 17.9. The van der Waals surface area contributed by atoms with E-state index in [2.05, 4.69) is 82.1 Å². The lowest BCUT2D eigenvalue weighted by atomic mass is 9.93. The molecule has 7 nitrogen and oxygen atoms in total. The SMILES string of the molecule is C=C(Nc1cncc(-c2ccc3[nH]nc(-c4cc5c(-c6cccnc6)cccc5[nH]4)c3n2)c1)C(C)(C)C. The molecule has 0 spiro atoms. The van der Waals surface area contributed by atoms with Gasteiger partial charge in [0.2, 0.25) is 0 Å². The summed E-state index contributed by atoms with van der Waals surface area (Å²) in [6, 6.07) is 18.4. The Kier molecular flexibility index (Phi) is 5.34. The van der Waals surface area contributed by atoms with Crippen LogP contribution in [0.2, 0.25) is 0 Å². The summed E-state index contributed by atoms with van der Waals surface area (Å²) < 4.78 is 0. The topological polar surface area (TPSA) is 95.2 Å². The Morgan fingerprint density at radius 1 is 0.892 bits per heavy atom. The van der Waals surface area contributed by atoms with Gasteiger partial charge in [0.05, 0.1) is 28.8 Å². The Bertz CT molecular complexity index is 1750. The number of H-pyrrole nitrogens is 2. The van der Waals surface area contributed by atoms with Gasteiger partial charge in [0.15, 0.2) is 0 Å². The van der Waals surface area contributed by atoms with E-state index in [9.17, 15) is 0 Å². The Morgan fingerprint density at radius 2 is 1.76 bits per heavy atom. The van der Waals surface area contributed by atoms with Crippen molar-refractivity contribution in [3.05, 3.63) is 91.7 Å². The molecule has 0 unspecified atom stereocenters. The largest absolute Gasteiger partial charge is 0.358 e. The Labute approximate surface area is 214 Å². The molecular weight excluding hydrogens is 458 g/mol. The maximum atomic E-state index is 4.99. The van der Waals surface area contributed by atoms with E-state index in [1.165, 1.54) is 0 Å². The Hall–Kier alpha value is -4.78. The molecule has 37 heavy (non-hydrogen) atoms. The van der Waals surface area contributed by atoms with Crippen molar-refractivity contribution < 1.29 is 0 Å². The molecular formula is C30H27N7. The molecule has 6 rings (SSSR count). The summed E-state index contributed by atoms with van der Waals surface area (Å²) in [6.07, 6.45) is 7.29. The van der Waals surface area contributed by atoms with E-state index in [-0.39, 0.29) is 5.41 Å². The molecule has 182 valence electrons. The van der Waals surface area contributed by atoms with Gasteiger partial charge >= 0.3 is 0 Å². The van der Waals surface area contributed by atoms with Gasteiger partial charge in [-0.05, 0) is 42.0 Å². The number of aromatic amines is 2. The summed E-state index contributed by atoms with van der Waals surface area (Å²) >= 11 is 0. The van der Waals surface area contributed by atoms with Crippen LogP contribution in [-0.2, 0) is 0 Å². The second-order valence-corrected chi connectivity index (χ2v) is 10.2. The highest BCUT2D eigenvalue weighted by Gasteiger charge is 2.17. The van der Waals surface area contributed by atoms with Crippen molar-refractivity contribution in [1.29, 1.82) is 0 Å². The number of fused-ring (bicyclic) bond motifs is 2. The number of anilines is 1. The molecule has 3 N–H and O–H groups in total. The smallest absolute Gasteiger partial charge is 0.135 e. The molecule has 7 heteroatoms. The van der Waals surface area contributed by atoms with Crippen LogP contribution < -0.4 is 5.32 Å². The molecule has 0 aliphatic carbocycles. The average molecular weight is 486 g/mol. The Morgan fingerprint density at radius 3 is 2.57 bits per heavy atom. The summed E-state index contributed by atoms with van der Waals surface area (Å²) in [5.74, 6) is 0. The minimum Gasteiger partial charge on any atom is -0.358 e. The van der Waals surface area contributed by atoms with Gasteiger partial charge in [0.1, 0.15) is 11.2 Å². The van der Waals surface area contributed by atoms with Crippen molar-refractivity contribution in [2.45, 2.75) is 20.8 Å². The monoisotopic (exact) mass is 485 g/mol. The standard InChI is InChI=1S/C30H27N7/c1-18(30(2,3)4)33-21-13-20(16-32-17-21)24-10-11-26-28(35-24)29(37-36-26)27-14-23-22(8-5-9-25(23)34-27)19-7-6-12-31-15-19/h5-17,33-34H,1H2,2-4H3,(H,36,37). The van der Waals surface area contributed by atoms with Crippen LogP contribution in [0.1, 0.15) is 20.8 Å². The number of hydrogen-bond donors (Lipinski definition) is 3. The van der Waals surface area contributed by atoms with Gasteiger partial charge in [0, 0.05) is 51.7 Å². The number of nitrogens with zero attached hydrogens (tertiary/aromatic N) is 4. The summed E-state index contributed by atoms with van der Waals surface area (Å²) in [6.45, 7) is 10.5. The molecule has 0 atom stereocenters. The lowest BCUT2D eigenvalue weighted by Crippen LogP contribution is -2.15. The lowest BCUT2D eigenvalue weighted by molar-refractivity contribution is 0.509. The zero-order chi connectivity index (χ0) is 25.6. The van der Waals surface area contributed by atoms with E-state index in [1.807, 2.05) is 42.7 Å². The number of hydrogen-bond acceptors (Lipinski definition) is 5. The summed E-state index contributed by atoms with van der Waals surface area (Å²) in [4.78, 5) is 17.2. The van der Waals surface area contributed by atoms with Crippen LogP contribution in [0.4, 0.5) is 5.69 Å². The molecule has 0 aliphatic heterocycles. The quantitative estimate of drug-likeness (QED) is 0.240. The van der Waals surface area contributed by atoms with E-state index in [0.29, 0.717) is 0 Å². The molecule has 0 saturated heterocycles. The van der Waals surface area contributed by atoms with Crippen molar-refractivity contribution in [1.82, 2.24) is 30.1 Å². The van der Waals surface area contributed by atoms with Crippen LogP contribution in [0.3, 0.4) is 0 Å². The van der Waals surface area contributed by atoms with Gasteiger partial charge in [-0.3, -0.25) is 15.1 Å². The summed E-state index contributed by atoms with van der Waals surface area (Å²) in [5.41, 5.74) is 10.0. The number of rotatable bonds is 5. The van der Waals surface area contributed by atoms with Gasteiger partial charge in [-0.2, -0.15) is 5.10 Å². The first-order valence-electron chi connectivity index (χ1n) is 12.2. The van der Waals surface area contributed by atoms with Crippen LogP contribution in [0.5, 0.6) is 0 Å². The predicted molar refractivity (Wildman–Crippen MR) is 150 cm³/mol. The van der Waals surface area contributed by atoms with Crippen molar-refractivity contribution in [2.75, 3.05) is 5.32 Å². The lowest BCUT2D eigenvalue weighted by Gasteiger charge is -2.23. The maximum absolute atomic E-state index is 4.99. The zero-order valence-electron chi connectivity index (χ0n) is 21.0. The van der Waals surface area contributed by atoms with Gasteiger partial charge in [-0.25, -0.2) is 4.98 Å². The first-order valence-corrected chi connectivity index (χ1v) is 12.2. The van der Waals surface area contributed by atoms with Crippen LogP contribution in [0.15, 0.2) is 91.7 Å². The highest BCUT2D eigenvalue weighted by atomic mass is 15.1. The van der Waals surface area contributed by atoms with Gasteiger partial charge in [0.25, 0.3) is 0 Å². The molecule has 5 aromatic heterocycles. The van der Waals surface area contributed by atoms with E-state index in [4.69, 9.17) is 4.98 Å². The molecule has 0 aliphatic rings. The highest BCUT2D eigenvalue weighted by Crippen LogP contribution is 2.34. The molecule has 0 fully saturated rings. The van der Waals surface area contributed by atoms with Crippen LogP contribution in [0.25, 0.3) is 55.7 Å². The van der Waals surface area contributed by atoms with Crippen molar-refractivity contribution >= 4 is 27.6 Å². The van der Waals surface area contributed by atoms with E-state index in [0.717, 1.165) is 67.1 Å². The number of benzene rings is 1. The third kappa shape index (κ3) is 4.25. The van der Waals surface area contributed by atoms with E-state index < -0.39 is 0 Å². The van der Waals surface area contributed by atoms with Gasteiger partial charge in [-0.15, -0.1) is 0 Å². The minimum atomic E-state index is -0.0602. The number of allylic oxidation sites excluding steroid dienone is 1. The molecule has 0 bridgehead atoms. The number of pyridine rings is 3. The number of nitrogens with one attached hydrogen (secondary N) is 3. The fourth-order valence-corrected chi connectivity index (χ4v) is 4.31. The van der Waals surface area contributed by atoms with E-state index in [1.54, 1.807) is 12.4 Å². The fraction of sp³-hybridized carbons (Fsp3) is 0.133. The van der Waals surface area contributed by atoms with Crippen LogP contribution >= 0.6 is 0 Å². The normalized spacial score (nSPS) is 11.8. The average Bonchev–Trinajstić information content (AvgIpc) is 3.52. The van der Waals surface area contributed by atoms with Crippen LogP contribution in [0, 0.1) is 5.41 Å². The third-order valence-electron chi connectivity index (χ3n) is 6.53. The van der Waals surface area contributed by atoms with Crippen molar-refractivity contribution in [3.63, 3.8) is 0 Å². The minimum absolute atomic E-state index is 0.0602. The second kappa shape index (κ2) is 8.71. The predicted octanol–water partition coefficient (Wildman–Crippen LogP) is 7.20. The highest BCUT2D eigenvalue weighted by molar-refractivity contribution is 6.00. The zero-order valence-corrected chi connectivity index (χ0v) is 21.0. The molecule has 6 aromatic rings. The first kappa shape index (κ1) is 22.7. The second-order valence-electron chi connectivity index (χ2n) is 10.2. The van der Waals surface area contributed by atoms with Crippen molar-refractivity contribution in [2.24, 2.45) is 5.41 Å². The fourth-order valence-electron chi connectivity index (χ4n) is 4.31. The molecule has 0 saturated carbocycles. The Balaban J connectivity index is 1.40. The summed E-state index contributed by atoms with van der Waals surface area (Å²) in [5, 5.41) is 12.2. The molecule has 1 aromatic carbocycles. The third-order valence-corrected chi connectivity index (χ3v) is 6.53. The van der Waals surface area contributed by atoms with E-state index >= 15 is 0 Å². The molecule has 0 radical (unpaired) electrons. The maximum Gasteiger partial charge on any atom is 0.135 e. The molecule has 0 amide bonds. The van der Waals surface area contributed by atoms with Gasteiger partial charge < -0.3 is 10.3 Å². The van der Waals surface area contributed by atoms with Crippen LogP contribution in [-0.4, -0.2) is 30.1 Å². The van der Waals surface area contributed by atoms with Gasteiger partial charge in [-0.1, -0.05) is 45.5 Å². The number of aromatic nitrogens is 6.